The van der Waals surface area contributed by atoms with E-state index in [1.54, 1.807) is 0 Å². The molecule has 0 saturated carbocycles. The zero-order chi connectivity index (χ0) is 17.4. The van der Waals surface area contributed by atoms with Crippen LogP contribution in [0.4, 0.5) is 0 Å². The van der Waals surface area contributed by atoms with E-state index in [9.17, 15) is 14.4 Å². The second-order valence-electron chi connectivity index (χ2n) is 6.04. The van der Waals surface area contributed by atoms with Crippen LogP contribution in [-0.2, 0) is 19.6 Å². The smallest absolute Gasteiger partial charge is 0.247 e. The van der Waals surface area contributed by atoms with Gasteiger partial charge in [-0.15, -0.1) is 13.2 Å². The Bertz CT molecular complexity index is 659. The van der Waals surface area contributed by atoms with Gasteiger partial charge in [-0.1, -0.05) is 45.3 Å². The normalized spacial score (nSPS) is 10.9. The second kappa shape index (κ2) is 9.12. The minimum Gasteiger partial charge on any atom is -0.247 e. The molecule has 0 atom stereocenters. The van der Waals surface area contributed by atoms with Crippen molar-refractivity contribution in [2.45, 2.75) is 59.2 Å². The Kier molecular flexibility index (Phi) is 7.51. The third-order valence-electron chi connectivity index (χ3n) is 3.67. The van der Waals surface area contributed by atoms with E-state index in [2.05, 4.69) is 27.0 Å². The second-order valence-corrected chi connectivity index (χ2v) is 6.04. The summed E-state index contributed by atoms with van der Waals surface area (Å²) in [5.41, 5.74) is -1.75. The van der Waals surface area contributed by atoms with E-state index < -0.39 is 17.1 Å². The van der Waals surface area contributed by atoms with Crippen molar-refractivity contribution in [3.05, 3.63) is 56.8 Å². The third-order valence-corrected chi connectivity index (χ3v) is 3.67. The molecule has 1 heterocycles. The Hall–Kier alpha value is -2.11. The van der Waals surface area contributed by atoms with Gasteiger partial charge >= 0.3 is 17.1 Å². The molecular weight excluding hydrogens is 294 g/mol. The van der Waals surface area contributed by atoms with Gasteiger partial charge in [0.25, 0.3) is 0 Å². The number of hydrogen-bond acceptors (Lipinski definition) is 3. The minimum absolute atomic E-state index is 0.0858. The summed E-state index contributed by atoms with van der Waals surface area (Å²) in [6, 6.07) is 0. The number of aromatic nitrogens is 3. The molecule has 23 heavy (non-hydrogen) atoms. The fourth-order valence-electron chi connectivity index (χ4n) is 2.44. The maximum atomic E-state index is 12.4. The quantitative estimate of drug-likeness (QED) is 0.487. The van der Waals surface area contributed by atoms with Gasteiger partial charge in [0.2, 0.25) is 0 Å². The van der Waals surface area contributed by atoms with Gasteiger partial charge in [-0.25, -0.2) is 28.1 Å². The number of hydrogen-bond donors (Lipinski definition) is 0. The molecule has 1 aromatic heterocycles. The van der Waals surface area contributed by atoms with Crippen LogP contribution in [0, 0.1) is 5.92 Å². The molecule has 0 bridgehead atoms. The first-order chi connectivity index (χ1) is 10.9. The summed E-state index contributed by atoms with van der Waals surface area (Å²) in [6.45, 7) is 11.9. The van der Waals surface area contributed by atoms with Crippen molar-refractivity contribution < 1.29 is 0 Å². The lowest BCUT2D eigenvalue weighted by Crippen LogP contribution is -2.54. The predicted molar refractivity (Wildman–Crippen MR) is 92.9 cm³/mol. The van der Waals surface area contributed by atoms with Crippen LogP contribution in [0.25, 0.3) is 0 Å². The van der Waals surface area contributed by atoms with Crippen LogP contribution in [0.1, 0.15) is 39.5 Å². The molecule has 0 aliphatic heterocycles. The summed E-state index contributed by atoms with van der Waals surface area (Å²) < 4.78 is 3.21. The van der Waals surface area contributed by atoms with E-state index in [1.165, 1.54) is 12.2 Å². The summed E-state index contributed by atoms with van der Waals surface area (Å²) in [7, 11) is 0. The standard InChI is InChI=1S/C17H27N3O3/c1-5-11-18-15(21)19(12-6-2)17(23)20(16(18)22)13-9-7-8-10-14(3)4/h5-6,14H,1-2,7-13H2,3-4H3. The first-order valence-electron chi connectivity index (χ1n) is 8.10. The van der Waals surface area contributed by atoms with Crippen molar-refractivity contribution in [1.82, 2.24) is 13.7 Å². The third kappa shape index (κ3) is 4.94. The van der Waals surface area contributed by atoms with Crippen molar-refractivity contribution >= 4 is 0 Å². The highest BCUT2D eigenvalue weighted by atomic mass is 16.2. The van der Waals surface area contributed by atoms with Gasteiger partial charge in [0.05, 0.1) is 13.1 Å². The Morgan fingerprint density at radius 2 is 1.30 bits per heavy atom. The Balaban J connectivity index is 3.08. The van der Waals surface area contributed by atoms with E-state index in [4.69, 9.17) is 0 Å². The highest BCUT2D eigenvalue weighted by molar-refractivity contribution is 4.84. The average molecular weight is 321 g/mol. The molecule has 0 aliphatic rings. The lowest BCUT2D eigenvalue weighted by molar-refractivity contribution is 0.449. The van der Waals surface area contributed by atoms with Crippen LogP contribution < -0.4 is 17.1 Å². The highest BCUT2D eigenvalue weighted by Gasteiger charge is 2.13. The largest absolute Gasteiger partial charge is 0.336 e. The number of nitrogens with zero attached hydrogens (tertiary/aromatic N) is 3. The van der Waals surface area contributed by atoms with Crippen LogP contribution >= 0.6 is 0 Å². The summed E-state index contributed by atoms with van der Waals surface area (Å²) in [5, 5.41) is 0. The summed E-state index contributed by atoms with van der Waals surface area (Å²) in [5.74, 6) is 0.650. The van der Waals surface area contributed by atoms with E-state index in [-0.39, 0.29) is 13.1 Å². The number of unbranched alkanes of at least 4 members (excludes halogenated alkanes) is 2. The predicted octanol–water partition coefficient (Wildman–Crippen LogP) is 1.76. The van der Waals surface area contributed by atoms with Crippen molar-refractivity contribution in [2.24, 2.45) is 5.92 Å². The molecule has 0 N–H and O–H groups in total. The fraction of sp³-hybridized carbons (Fsp3) is 0.588. The van der Waals surface area contributed by atoms with Gasteiger partial charge in [0.15, 0.2) is 0 Å². The topological polar surface area (TPSA) is 66.0 Å². The van der Waals surface area contributed by atoms with Crippen LogP contribution in [0.15, 0.2) is 39.7 Å². The molecule has 1 aromatic rings. The van der Waals surface area contributed by atoms with E-state index >= 15 is 0 Å². The van der Waals surface area contributed by atoms with Crippen molar-refractivity contribution in [1.29, 1.82) is 0 Å². The molecule has 0 fully saturated rings. The Morgan fingerprint density at radius 1 is 0.826 bits per heavy atom. The van der Waals surface area contributed by atoms with Crippen LogP contribution in [0.5, 0.6) is 0 Å². The molecule has 0 spiro atoms. The van der Waals surface area contributed by atoms with Crippen molar-refractivity contribution in [3.8, 4) is 0 Å². The maximum absolute atomic E-state index is 12.4. The minimum atomic E-state index is -0.615. The van der Waals surface area contributed by atoms with Gasteiger partial charge < -0.3 is 0 Å². The van der Waals surface area contributed by atoms with Gasteiger partial charge in [-0.05, 0) is 12.3 Å². The molecule has 0 amide bonds. The summed E-state index contributed by atoms with van der Waals surface area (Å²) in [6.07, 6.45) is 6.83. The molecule has 0 unspecified atom stereocenters. The summed E-state index contributed by atoms with van der Waals surface area (Å²) >= 11 is 0. The van der Waals surface area contributed by atoms with Gasteiger partial charge in [-0.2, -0.15) is 0 Å². The van der Waals surface area contributed by atoms with Crippen LogP contribution in [0.2, 0.25) is 0 Å². The molecule has 0 aromatic carbocycles. The van der Waals surface area contributed by atoms with Crippen LogP contribution in [-0.4, -0.2) is 13.7 Å². The molecule has 0 saturated heterocycles. The molecular formula is C17H27N3O3. The molecule has 0 aliphatic carbocycles. The first-order valence-corrected chi connectivity index (χ1v) is 8.10. The van der Waals surface area contributed by atoms with Gasteiger partial charge in [0, 0.05) is 6.54 Å². The van der Waals surface area contributed by atoms with E-state index in [0.29, 0.717) is 12.5 Å². The zero-order valence-corrected chi connectivity index (χ0v) is 14.2. The average Bonchev–Trinajstić information content (AvgIpc) is 2.50. The van der Waals surface area contributed by atoms with E-state index in [0.717, 1.165) is 39.4 Å². The highest BCUT2D eigenvalue weighted by Crippen LogP contribution is 2.08. The number of rotatable bonds is 10. The Morgan fingerprint density at radius 3 is 1.74 bits per heavy atom. The van der Waals surface area contributed by atoms with Gasteiger partial charge in [-0.3, -0.25) is 0 Å². The molecule has 1 rings (SSSR count). The number of allylic oxidation sites excluding steroid dienone is 2. The van der Waals surface area contributed by atoms with Crippen molar-refractivity contribution in [3.63, 3.8) is 0 Å². The Labute approximate surface area is 136 Å². The SMILES string of the molecule is C=CCn1c(=O)n(CC=C)c(=O)n(CCCCCC(C)C)c1=O. The molecule has 128 valence electrons. The lowest BCUT2D eigenvalue weighted by atomic mass is 10.1. The molecule has 0 radical (unpaired) electrons. The zero-order valence-electron chi connectivity index (χ0n) is 14.2. The summed E-state index contributed by atoms with van der Waals surface area (Å²) in [4.78, 5) is 36.9. The molecule has 6 heteroatoms. The maximum Gasteiger partial charge on any atom is 0.336 e. The van der Waals surface area contributed by atoms with E-state index in [1.807, 2.05) is 0 Å². The fourth-order valence-corrected chi connectivity index (χ4v) is 2.44. The first kappa shape index (κ1) is 18.9. The van der Waals surface area contributed by atoms with Crippen molar-refractivity contribution in [2.75, 3.05) is 0 Å². The van der Waals surface area contributed by atoms with Crippen LogP contribution in [0.3, 0.4) is 0 Å². The van der Waals surface area contributed by atoms with Gasteiger partial charge in [0.1, 0.15) is 0 Å². The molecule has 6 nitrogen and oxygen atoms in total. The monoisotopic (exact) mass is 321 g/mol. The lowest BCUT2D eigenvalue weighted by Gasteiger charge is -2.12.